The second kappa shape index (κ2) is 7.25. The largest absolute Gasteiger partial charge is 0.480 e. The Hall–Kier alpha value is -2.10. The van der Waals surface area contributed by atoms with Gasteiger partial charge in [-0.1, -0.05) is 6.07 Å². The van der Waals surface area contributed by atoms with Crippen LogP contribution in [0.3, 0.4) is 0 Å². The van der Waals surface area contributed by atoms with Crippen LogP contribution < -0.4 is 11.5 Å². The van der Waals surface area contributed by atoms with E-state index in [9.17, 15) is 9.59 Å². The molecule has 0 fully saturated rings. The maximum atomic E-state index is 12.1. The Morgan fingerprint density at radius 3 is 2.68 bits per heavy atom. The Balaban J connectivity index is 1.89. The van der Waals surface area contributed by atoms with E-state index in [2.05, 4.69) is 10.2 Å². The lowest BCUT2D eigenvalue weighted by Crippen LogP contribution is -2.37. The molecule has 2 rings (SSSR count). The summed E-state index contributed by atoms with van der Waals surface area (Å²) < 4.78 is 0. The van der Waals surface area contributed by atoms with Crippen LogP contribution >= 0.6 is 11.3 Å². The van der Waals surface area contributed by atoms with Crippen molar-refractivity contribution in [2.45, 2.75) is 31.3 Å². The third-order valence-electron chi connectivity index (χ3n) is 3.13. The molecule has 22 heavy (non-hydrogen) atoms. The Labute approximate surface area is 130 Å². The molecule has 5 N–H and O–H groups in total. The third kappa shape index (κ3) is 3.97. The summed E-state index contributed by atoms with van der Waals surface area (Å²) in [6.45, 7) is 0. The number of hydrogen-bond donors (Lipinski definition) is 3. The number of nitrogens with two attached hydrogens (primary N) is 2. The molecule has 2 atom stereocenters. The fraction of sp³-hybridized carbons (Fsp3) is 0.385. The monoisotopic (exact) mass is 323 g/mol. The molecule has 0 aliphatic rings. The molecule has 0 radical (unpaired) electrons. The van der Waals surface area contributed by atoms with Gasteiger partial charge in [-0.3, -0.25) is 9.59 Å². The number of hydrogen-bond acceptors (Lipinski definition) is 7. The molecule has 0 aliphatic heterocycles. The summed E-state index contributed by atoms with van der Waals surface area (Å²) in [6.07, 6.45) is 2.55. The van der Waals surface area contributed by atoms with Gasteiger partial charge in [0.15, 0.2) is 0 Å². The molecule has 0 spiro atoms. The number of carbonyl (C=O) groups excluding carboxylic acids is 1. The van der Waals surface area contributed by atoms with Gasteiger partial charge in [0.25, 0.3) is 5.91 Å². The zero-order chi connectivity index (χ0) is 16.1. The highest BCUT2D eigenvalue weighted by Gasteiger charge is 2.19. The van der Waals surface area contributed by atoms with Crippen LogP contribution in [0.5, 0.6) is 0 Å². The van der Waals surface area contributed by atoms with Crippen LogP contribution in [-0.4, -0.2) is 44.1 Å². The van der Waals surface area contributed by atoms with Crippen LogP contribution in [-0.2, 0) is 4.79 Å². The Bertz CT molecular complexity index is 640. The highest BCUT2D eigenvalue weighted by atomic mass is 32.1. The van der Waals surface area contributed by atoms with Gasteiger partial charge in [-0.25, -0.2) is 0 Å². The number of aromatic nitrogens is 3. The predicted molar refractivity (Wildman–Crippen MR) is 81.4 cm³/mol. The van der Waals surface area contributed by atoms with Crippen LogP contribution in [0, 0.1) is 0 Å². The minimum atomic E-state index is -1.06. The first kappa shape index (κ1) is 16.3. The van der Waals surface area contributed by atoms with Gasteiger partial charge in [0.2, 0.25) is 0 Å². The fourth-order valence-electron chi connectivity index (χ4n) is 1.86. The lowest BCUT2D eigenvalue weighted by Gasteiger charge is -2.10. The van der Waals surface area contributed by atoms with Crippen LogP contribution in [0.25, 0.3) is 10.6 Å². The molecule has 0 aromatic carbocycles. The summed E-state index contributed by atoms with van der Waals surface area (Å²) in [5.41, 5.74) is 11.8. The van der Waals surface area contributed by atoms with Gasteiger partial charge in [0.1, 0.15) is 11.7 Å². The molecule has 0 bridgehead atoms. The van der Waals surface area contributed by atoms with E-state index in [4.69, 9.17) is 16.6 Å². The zero-order valence-electron chi connectivity index (χ0n) is 11.8. The third-order valence-corrected chi connectivity index (χ3v) is 4.02. The van der Waals surface area contributed by atoms with Gasteiger partial charge >= 0.3 is 5.97 Å². The highest BCUT2D eigenvalue weighted by molar-refractivity contribution is 7.13. The van der Waals surface area contributed by atoms with Crippen molar-refractivity contribution in [1.82, 2.24) is 15.0 Å². The Morgan fingerprint density at radius 2 is 2.05 bits per heavy atom. The molecule has 8 nitrogen and oxygen atoms in total. The SMILES string of the molecule is NC(CCC[C@H](N)C(=O)O)C(=O)n1ncc(-c2cccs2)n1. The molecule has 0 amide bonds. The van der Waals surface area contributed by atoms with E-state index in [1.54, 1.807) is 0 Å². The molecule has 2 heterocycles. The van der Waals surface area contributed by atoms with E-state index in [1.165, 1.54) is 17.5 Å². The summed E-state index contributed by atoms with van der Waals surface area (Å²) in [7, 11) is 0. The fourth-order valence-corrected chi connectivity index (χ4v) is 2.53. The van der Waals surface area contributed by atoms with Crippen molar-refractivity contribution >= 4 is 23.2 Å². The average molecular weight is 323 g/mol. The quantitative estimate of drug-likeness (QED) is 0.676. The van der Waals surface area contributed by atoms with Crippen LogP contribution in [0.2, 0.25) is 0 Å². The minimum Gasteiger partial charge on any atom is -0.480 e. The van der Waals surface area contributed by atoms with Crippen molar-refractivity contribution in [3.8, 4) is 10.6 Å². The lowest BCUT2D eigenvalue weighted by molar-refractivity contribution is -0.138. The summed E-state index contributed by atoms with van der Waals surface area (Å²) in [5, 5.41) is 18.6. The standard InChI is InChI=1S/C13H17N5O3S/c14-8(3-1-4-9(15)13(20)21)12(19)18-16-7-10(17-18)11-5-2-6-22-11/h2,5-9H,1,3-4,14-15H2,(H,20,21)/t8?,9-/m0/s1. The first-order valence-electron chi connectivity index (χ1n) is 6.73. The zero-order valence-corrected chi connectivity index (χ0v) is 12.6. The molecule has 2 aromatic rings. The summed E-state index contributed by atoms with van der Waals surface area (Å²) in [4.78, 5) is 24.6. The lowest BCUT2D eigenvalue weighted by atomic mass is 10.1. The first-order valence-corrected chi connectivity index (χ1v) is 7.61. The van der Waals surface area contributed by atoms with E-state index >= 15 is 0 Å². The maximum absolute atomic E-state index is 12.1. The molecule has 9 heteroatoms. The highest BCUT2D eigenvalue weighted by Crippen LogP contribution is 2.21. The second-order valence-electron chi connectivity index (χ2n) is 4.82. The van der Waals surface area contributed by atoms with Gasteiger partial charge in [-0.15, -0.1) is 21.2 Å². The summed E-state index contributed by atoms with van der Waals surface area (Å²) in [6, 6.07) is 2.05. The Morgan fingerprint density at radius 1 is 1.32 bits per heavy atom. The number of carboxylic acids is 1. The van der Waals surface area contributed by atoms with E-state index in [0.717, 1.165) is 9.67 Å². The number of nitrogens with zero attached hydrogens (tertiary/aromatic N) is 3. The minimum absolute atomic E-state index is 0.267. The van der Waals surface area contributed by atoms with E-state index in [1.807, 2.05) is 17.5 Å². The van der Waals surface area contributed by atoms with Gasteiger partial charge < -0.3 is 16.6 Å². The average Bonchev–Trinajstić information content (AvgIpc) is 3.16. The van der Waals surface area contributed by atoms with Gasteiger partial charge in [0, 0.05) is 0 Å². The van der Waals surface area contributed by atoms with Crippen molar-refractivity contribution < 1.29 is 14.7 Å². The number of rotatable bonds is 7. The molecule has 0 saturated heterocycles. The van der Waals surface area contributed by atoms with Crippen LogP contribution in [0.15, 0.2) is 23.7 Å². The Kier molecular flexibility index (Phi) is 5.36. The number of carbonyl (C=O) groups is 2. The van der Waals surface area contributed by atoms with E-state index in [0.29, 0.717) is 18.5 Å². The van der Waals surface area contributed by atoms with Crippen molar-refractivity contribution in [2.24, 2.45) is 11.5 Å². The van der Waals surface area contributed by atoms with Crippen molar-refractivity contribution in [2.75, 3.05) is 0 Å². The molecule has 118 valence electrons. The molecule has 1 unspecified atom stereocenters. The van der Waals surface area contributed by atoms with Crippen molar-refractivity contribution in [3.63, 3.8) is 0 Å². The molecular weight excluding hydrogens is 306 g/mol. The predicted octanol–water partition coefficient (Wildman–Crippen LogP) is 0.556. The van der Waals surface area contributed by atoms with Gasteiger partial charge in [-0.05, 0) is 30.7 Å². The van der Waals surface area contributed by atoms with Crippen LogP contribution in [0.4, 0.5) is 0 Å². The van der Waals surface area contributed by atoms with Crippen molar-refractivity contribution in [1.29, 1.82) is 0 Å². The summed E-state index contributed by atoms with van der Waals surface area (Å²) in [5.74, 6) is -1.49. The smallest absolute Gasteiger partial charge is 0.320 e. The topological polar surface area (TPSA) is 137 Å². The molecule has 0 aliphatic carbocycles. The van der Waals surface area contributed by atoms with Gasteiger partial charge in [-0.2, -0.15) is 5.10 Å². The van der Waals surface area contributed by atoms with Crippen molar-refractivity contribution in [3.05, 3.63) is 23.7 Å². The van der Waals surface area contributed by atoms with E-state index in [-0.39, 0.29) is 6.42 Å². The van der Waals surface area contributed by atoms with E-state index < -0.39 is 24.0 Å². The number of carboxylic acid groups (broad SMARTS) is 1. The van der Waals surface area contributed by atoms with Gasteiger partial charge in [0.05, 0.1) is 17.1 Å². The van der Waals surface area contributed by atoms with Crippen LogP contribution in [0.1, 0.15) is 24.1 Å². The maximum Gasteiger partial charge on any atom is 0.320 e. The molecule has 2 aromatic heterocycles. The summed E-state index contributed by atoms with van der Waals surface area (Å²) >= 11 is 1.50. The molecular formula is C13H17N5O3S. The normalized spacial score (nSPS) is 13.7. The molecule has 0 saturated carbocycles. The number of thiophene rings is 1. The first-order chi connectivity index (χ1) is 10.5. The number of aliphatic carboxylic acids is 1. The second-order valence-corrected chi connectivity index (χ2v) is 5.76.